The summed E-state index contributed by atoms with van der Waals surface area (Å²) in [5.74, 6) is -1.19. The smallest absolute Gasteiger partial charge is 0.309 e. The second-order valence-corrected chi connectivity index (χ2v) is 5.92. The van der Waals surface area contributed by atoms with E-state index in [-0.39, 0.29) is 6.42 Å². The molecule has 2 rings (SSSR count). The van der Waals surface area contributed by atoms with Gasteiger partial charge in [-0.1, -0.05) is 42.2 Å². The number of alkyl halides is 3. The van der Waals surface area contributed by atoms with Crippen LogP contribution < -0.4 is 5.32 Å². The van der Waals surface area contributed by atoms with Crippen LogP contribution in [-0.2, 0) is 6.54 Å². The Labute approximate surface area is 118 Å². The molecule has 112 valence electrons. The molecule has 1 nitrogen and oxygen atoms in total. The number of halogens is 3. The summed E-state index contributed by atoms with van der Waals surface area (Å²) in [6.07, 6.45) is -1.63. The van der Waals surface area contributed by atoms with Gasteiger partial charge < -0.3 is 5.32 Å². The molecule has 0 aromatic heterocycles. The van der Waals surface area contributed by atoms with Crippen LogP contribution in [0.25, 0.3) is 0 Å². The van der Waals surface area contributed by atoms with E-state index in [2.05, 4.69) is 11.4 Å². The van der Waals surface area contributed by atoms with Crippen molar-refractivity contribution in [2.45, 2.75) is 58.3 Å². The van der Waals surface area contributed by atoms with Crippen LogP contribution >= 0.6 is 0 Å². The molecule has 0 amide bonds. The first-order chi connectivity index (χ1) is 9.36. The van der Waals surface area contributed by atoms with E-state index >= 15 is 0 Å². The molecule has 0 spiro atoms. The predicted octanol–water partition coefficient (Wildman–Crippen LogP) is 4.51. The zero-order valence-electron chi connectivity index (χ0n) is 12.1. The summed E-state index contributed by atoms with van der Waals surface area (Å²) >= 11 is 0. The van der Waals surface area contributed by atoms with Crippen molar-refractivity contribution in [3.8, 4) is 0 Å². The molecule has 20 heavy (non-hydrogen) atoms. The Hall–Kier alpha value is -1.03. The van der Waals surface area contributed by atoms with Gasteiger partial charge in [-0.2, -0.15) is 13.2 Å². The van der Waals surface area contributed by atoms with E-state index in [9.17, 15) is 13.2 Å². The predicted molar refractivity (Wildman–Crippen MR) is 74.6 cm³/mol. The average Bonchev–Trinajstić information content (AvgIpc) is 2.34. The maximum atomic E-state index is 13.0. The Kier molecular flexibility index (Phi) is 4.74. The van der Waals surface area contributed by atoms with Gasteiger partial charge >= 0.3 is 6.18 Å². The van der Waals surface area contributed by atoms with Crippen LogP contribution in [0.15, 0.2) is 18.2 Å². The van der Waals surface area contributed by atoms with Crippen molar-refractivity contribution in [3.63, 3.8) is 0 Å². The largest absolute Gasteiger partial charge is 0.393 e. The third kappa shape index (κ3) is 3.98. The number of nitrogens with one attached hydrogen (secondary N) is 1. The van der Waals surface area contributed by atoms with E-state index in [1.54, 1.807) is 0 Å². The van der Waals surface area contributed by atoms with Gasteiger partial charge in [-0.05, 0) is 32.3 Å². The SMILES string of the molecule is Cc1cc(C)cc(CNC2CCCCC2C(F)(F)F)c1. The van der Waals surface area contributed by atoms with Crippen LogP contribution in [0.1, 0.15) is 42.4 Å². The Morgan fingerprint density at radius 3 is 2.25 bits per heavy atom. The fourth-order valence-electron chi connectivity index (χ4n) is 3.19. The van der Waals surface area contributed by atoms with Gasteiger partial charge in [0.15, 0.2) is 0 Å². The molecule has 2 atom stereocenters. The van der Waals surface area contributed by atoms with E-state index < -0.39 is 18.1 Å². The van der Waals surface area contributed by atoms with Gasteiger partial charge in [-0.15, -0.1) is 0 Å². The zero-order valence-corrected chi connectivity index (χ0v) is 12.1. The fraction of sp³-hybridized carbons (Fsp3) is 0.625. The van der Waals surface area contributed by atoms with Crippen molar-refractivity contribution in [3.05, 3.63) is 34.9 Å². The fourth-order valence-corrected chi connectivity index (χ4v) is 3.19. The third-order valence-corrected chi connectivity index (χ3v) is 4.04. The molecule has 0 aliphatic heterocycles. The summed E-state index contributed by atoms with van der Waals surface area (Å²) in [5.41, 5.74) is 3.37. The van der Waals surface area contributed by atoms with Gasteiger partial charge in [0.05, 0.1) is 5.92 Å². The molecule has 0 heterocycles. The highest BCUT2D eigenvalue weighted by Crippen LogP contribution is 2.37. The normalized spacial score (nSPS) is 23.9. The minimum absolute atomic E-state index is 0.258. The van der Waals surface area contributed by atoms with E-state index in [0.717, 1.165) is 23.1 Å². The highest BCUT2D eigenvalue weighted by Gasteiger charge is 2.45. The van der Waals surface area contributed by atoms with E-state index in [0.29, 0.717) is 19.4 Å². The lowest BCUT2D eigenvalue weighted by Crippen LogP contribution is -2.45. The minimum Gasteiger partial charge on any atom is -0.309 e. The summed E-state index contributed by atoms with van der Waals surface area (Å²) in [4.78, 5) is 0. The molecular weight excluding hydrogens is 263 g/mol. The molecule has 2 unspecified atom stereocenters. The Morgan fingerprint density at radius 1 is 1.05 bits per heavy atom. The van der Waals surface area contributed by atoms with Crippen molar-refractivity contribution in [1.82, 2.24) is 5.32 Å². The first-order valence-corrected chi connectivity index (χ1v) is 7.23. The van der Waals surface area contributed by atoms with E-state index in [1.807, 2.05) is 26.0 Å². The molecule has 1 aliphatic carbocycles. The lowest BCUT2D eigenvalue weighted by Gasteiger charge is -2.33. The van der Waals surface area contributed by atoms with Gasteiger partial charge in [-0.3, -0.25) is 0 Å². The molecular formula is C16H22F3N. The monoisotopic (exact) mass is 285 g/mol. The molecule has 0 saturated heterocycles. The molecule has 1 N–H and O–H groups in total. The molecule has 0 radical (unpaired) electrons. The highest BCUT2D eigenvalue weighted by molar-refractivity contribution is 5.28. The summed E-state index contributed by atoms with van der Waals surface area (Å²) < 4.78 is 39.0. The molecule has 4 heteroatoms. The van der Waals surface area contributed by atoms with Crippen molar-refractivity contribution in [2.75, 3.05) is 0 Å². The topological polar surface area (TPSA) is 12.0 Å². The number of rotatable bonds is 3. The van der Waals surface area contributed by atoms with Crippen molar-refractivity contribution >= 4 is 0 Å². The maximum Gasteiger partial charge on any atom is 0.393 e. The maximum absolute atomic E-state index is 13.0. The summed E-state index contributed by atoms with van der Waals surface area (Å²) in [5, 5.41) is 3.13. The van der Waals surface area contributed by atoms with Crippen molar-refractivity contribution in [2.24, 2.45) is 5.92 Å². The van der Waals surface area contributed by atoms with Crippen LogP contribution in [0.4, 0.5) is 13.2 Å². The van der Waals surface area contributed by atoms with Crippen LogP contribution in [-0.4, -0.2) is 12.2 Å². The molecule has 0 bridgehead atoms. The third-order valence-electron chi connectivity index (χ3n) is 4.04. The molecule has 1 fully saturated rings. The van der Waals surface area contributed by atoms with E-state index in [4.69, 9.17) is 0 Å². The van der Waals surface area contributed by atoms with Crippen LogP contribution in [0.5, 0.6) is 0 Å². The van der Waals surface area contributed by atoms with Gasteiger partial charge in [0.2, 0.25) is 0 Å². The van der Waals surface area contributed by atoms with Crippen molar-refractivity contribution in [1.29, 1.82) is 0 Å². The first-order valence-electron chi connectivity index (χ1n) is 7.23. The van der Waals surface area contributed by atoms with Crippen LogP contribution in [0.2, 0.25) is 0 Å². The summed E-state index contributed by atoms with van der Waals surface area (Å²) in [6.45, 7) is 4.53. The second-order valence-electron chi connectivity index (χ2n) is 5.92. The number of hydrogen-bond acceptors (Lipinski definition) is 1. The number of benzene rings is 1. The van der Waals surface area contributed by atoms with Gasteiger partial charge in [0.1, 0.15) is 0 Å². The minimum atomic E-state index is -4.08. The van der Waals surface area contributed by atoms with Gasteiger partial charge in [0, 0.05) is 12.6 Å². The van der Waals surface area contributed by atoms with E-state index in [1.165, 1.54) is 0 Å². The average molecular weight is 285 g/mol. The van der Waals surface area contributed by atoms with Crippen LogP contribution in [0, 0.1) is 19.8 Å². The number of aryl methyl sites for hydroxylation is 2. The molecule has 1 aromatic carbocycles. The second kappa shape index (κ2) is 6.17. The Morgan fingerprint density at radius 2 is 1.65 bits per heavy atom. The molecule has 1 aromatic rings. The summed E-state index contributed by atoms with van der Waals surface area (Å²) in [7, 11) is 0. The molecule has 1 aliphatic rings. The van der Waals surface area contributed by atoms with Gasteiger partial charge in [-0.25, -0.2) is 0 Å². The number of hydrogen-bond donors (Lipinski definition) is 1. The zero-order chi connectivity index (χ0) is 14.8. The van der Waals surface area contributed by atoms with Crippen LogP contribution in [0.3, 0.4) is 0 Å². The highest BCUT2D eigenvalue weighted by atomic mass is 19.4. The summed E-state index contributed by atoms with van der Waals surface area (Å²) in [6, 6.07) is 5.70. The Balaban J connectivity index is 2.01. The standard InChI is InChI=1S/C16H22F3N/c1-11-7-12(2)9-13(8-11)10-20-15-6-4-3-5-14(15)16(17,18)19/h7-9,14-15,20H,3-6,10H2,1-2H3. The molecule has 1 saturated carbocycles. The lowest BCUT2D eigenvalue weighted by molar-refractivity contribution is -0.189. The lowest BCUT2D eigenvalue weighted by atomic mass is 9.84. The van der Waals surface area contributed by atoms with Crippen molar-refractivity contribution < 1.29 is 13.2 Å². The Bertz CT molecular complexity index is 433. The van der Waals surface area contributed by atoms with Gasteiger partial charge in [0.25, 0.3) is 0 Å². The quantitative estimate of drug-likeness (QED) is 0.861. The first kappa shape index (κ1) is 15.4.